The Morgan fingerprint density at radius 3 is 2.50 bits per heavy atom. The molecule has 0 bridgehead atoms. The minimum Gasteiger partial charge on any atom is -0.356 e. The van der Waals surface area contributed by atoms with Crippen LogP contribution in [0.4, 0.5) is 0 Å². The van der Waals surface area contributed by atoms with E-state index >= 15 is 0 Å². The van der Waals surface area contributed by atoms with Crippen LogP contribution in [-0.4, -0.2) is 12.5 Å². The van der Waals surface area contributed by atoms with Gasteiger partial charge >= 0.3 is 0 Å². The van der Waals surface area contributed by atoms with Gasteiger partial charge in [-0.25, -0.2) is 0 Å². The van der Waals surface area contributed by atoms with Crippen molar-refractivity contribution in [3.63, 3.8) is 0 Å². The lowest BCUT2D eigenvalue weighted by atomic mass is 10.0. The van der Waals surface area contributed by atoms with Crippen LogP contribution in [0.5, 0.6) is 0 Å². The van der Waals surface area contributed by atoms with E-state index in [-0.39, 0.29) is 11.8 Å². The Kier molecular flexibility index (Phi) is 6.82. The van der Waals surface area contributed by atoms with Crippen LogP contribution in [-0.2, 0) is 4.79 Å². The Morgan fingerprint density at radius 2 is 2.00 bits per heavy atom. The molecule has 0 heterocycles. The van der Waals surface area contributed by atoms with Crippen LogP contribution in [0, 0.1) is 5.92 Å². The topological polar surface area (TPSA) is 29.1 Å². The van der Waals surface area contributed by atoms with Crippen LogP contribution in [0.15, 0.2) is 0 Å². The summed E-state index contributed by atoms with van der Waals surface area (Å²) in [6, 6.07) is 0. The van der Waals surface area contributed by atoms with E-state index in [1.807, 2.05) is 6.92 Å². The van der Waals surface area contributed by atoms with Crippen LogP contribution < -0.4 is 5.32 Å². The number of hydrogen-bond acceptors (Lipinski definition) is 1. The largest absolute Gasteiger partial charge is 0.356 e. The lowest BCUT2D eigenvalue weighted by molar-refractivity contribution is -0.124. The third-order valence-electron chi connectivity index (χ3n) is 1.99. The Labute approximate surface area is 75.7 Å². The highest BCUT2D eigenvalue weighted by molar-refractivity contribution is 5.78. The van der Waals surface area contributed by atoms with E-state index in [0.717, 1.165) is 25.8 Å². The second kappa shape index (κ2) is 7.14. The van der Waals surface area contributed by atoms with Crippen molar-refractivity contribution in [1.29, 1.82) is 0 Å². The summed E-state index contributed by atoms with van der Waals surface area (Å²) in [5.41, 5.74) is 0. The fourth-order valence-electron chi connectivity index (χ4n) is 1.06. The van der Waals surface area contributed by atoms with E-state index in [2.05, 4.69) is 19.2 Å². The Hall–Kier alpha value is -0.530. The van der Waals surface area contributed by atoms with Gasteiger partial charge in [-0.1, -0.05) is 33.6 Å². The molecule has 1 N–H and O–H groups in total. The van der Waals surface area contributed by atoms with Crippen molar-refractivity contribution in [1.82, 2.24) is 5.32 Å². The summed E-state index contributed by atoms with van der Waals surface area (Å²) in [6.45, 7) is 7.03. The molecule has 0 aromatic heterocycles. The minimum absolute atomic E-state index is 0.191. The first-order chi connectivity index (χ1) is 5.72. The maximum atomic E-state index is 11.3. The summed E-state index contributed by atoms with van der Waals surface area (Å²) < 4.78 is 0. The summed E-state index contributed by atoms with van der Waals surface area (Å²) in [4.78, 5) is 11.3. The zero-order chi connectivity index (χ0) is 9.40. The van der Waals surface area contributed by atoms with E-state index in [1.165, 1.54) is 6.42 Å². The van der Waals surface area contributed by atoms with Crippen LogP contribution in [0.3, 0.4) is 0 Å². The molecule has 2 nitrogen and oxygen atoms in total. The van der Waals surface area contributed by atoms with Crippen molar-refractivity contribution < 1.29 is 4.79 Å². The van der Waals surface area contributed by atoms with Crippen molar-refractivity contribution in [2.45, 2.75) is 46.5 Å². The summed E-state index contributed by atoms with van der Waals surface area (Å²) >= 11 is 0. The molecular formula is C10H21NO. The van der Waals surface area contributed by atoms with Gasteiger partial charge in [-0.15, -0.1) is 0 Å². The van der Waals surface area contributed by atoms with Crippen molar-refractivity contribution in [3.8, 4) is 0 Å². The zero-order valence-corrected chi connectivity index (χ0v) is 8.52. The monoisotopic (exact) mass is 171 g/mol. The van der Waals surface area contributed by atoms with Crippen LogP contribution in [0.2, 0.25) is 0 Å². The first-order valence-corrected chi connectivity index (χ1v) is 5.00. The van der Waals surface area contributed by atoms with Gasteiger partial charge in [-0.05, 0) is 12.8 Å². The van der Waals surface area contributed by atoms with Gasteiger partial charge in [0, 0.05) is 12.5 Å². The standard InChI is InChI=1S/C10H21NO/c1-4-6-7-9(3)10(12)11-8-5-2/h9H,4-8H2,1-3H3,(H,11,12). The van der Waals surface area contributed by atoms with E-state index in [9.17, 15) is 4.79 Å². The average Bonchev–Trinajstić information content (AvgIpc) is 2.10. The maximum absolute atomic E-state index is 11.3. The van der Waals surface area contributed by atoms with E-state index in [1.54, 1.807) is 0 Å². The second-order valence-corrected chi connectivity index (χ2v) is 3.33. The van der Waals surface area contributed by atoms with E-state index in [0.29, 0.717) is 0 Å². The molecule has 0 saturated heterocycles. The zero-order valence-electron chi connectivity index (χ0n) is 8.52. The first kappa shape index (κ1) is 11.5. The first-order valence-electron chi connectivity index (χ1n) is 5.00. The number of amides is 1. The molecule has 1 atom stereocenters. The number of unbranched alkanes of at least 4 members (excludes halogenated alkanes) is 1. The molecule has 72 valence electrons. The molecule has 0 aromatic carbocycles. The molecule has 0 fully saturated rings. The molecule has 1 amide bonds. The smallest absolute Gasteiger partial charge is 0.222 e. The molecule has 0 spiro atoms. The van der Waals surface area contributed by atoms with Gasteiger partial charge in [0.15, 0.2) is 0 Å². The van der Waals surface area contributed by atoms with E-state index in [4.69, 9.17) is 0 Å². The van der Waals surface area contributed by atoms with Gasteiger partial charge in [0.05, 0.1) is 0 Å². The number of rotatable bonds is 6. The van der Waals surface area contributed by atoms with Gasteiger partial charge < -0.3 is 5.32 Å². The quantitative estimate of drug-likeness (QED) is 0.653. The third-order valence-corrected chi connectivity index (χ3v) is 1.99. The van der Waals surface area contributed by atoms with Gasteiger partial charge in [0.2, 0.25) is 5.91 Å². The molecule has 0 aliphatic rings. The summed E-state index contributed by atoms with van der Waals surface area (Å²) in [5.74, 6) is 0.404. The molecule has 12 heavy (non-hydrogen) atoms. The molecule has 0 aliphatic carbocycles. The number of hydrogen-bond donors (Lipinski definition) is 1. The lowest BCUT2D eigenvalue weighted by Gasteiger charge is -2.10. The fraction of sp³-hybridized carbons (Fsp3) is 0.900. The predicted molar refractivity (Wildman–Crippen MR) is 52.0 cm³/mol. The van der Waals surface area contributed by atoms with Gasteiger partial charge in [0.25, 0.3) is 0 Å². The van der Waals surface area contributed by atoms with Crippen molar-refractivity contribution in [2.75, 3.05) is 6.54 Å². The van der Waals surface area contributed by atoms with E-state index < -0.39 is 0 Å². The van der Waals surface area contributed by atoms with Gasteiger partial charge in [-0.2, -0.15) is 0 Å². The number of nitrogens with one attached hydrogen (secondary N) is 1. The highest BCUT2D eigenvalue weighted by atomic mass is 16.1. The minimum atomic E-state index is 0.191. The second-order valence-electron chi connectivity index (χ2n) is 3.33. The Morgan fingerprint density at radius 1 is 1.33 bits per heavy atom. The highest BCUT2D eigenvalue weighted by Crippen LogP contribution is 2.06. The molecule has 0 aromatic rings. The summed E-state index contributed by atoms with van der Waals surface area (Å²) in [7, 11) is 0. The van der Waals surface area contributed by atoms with Crippen LogP contribution >= 0.6 is 0 Å². The summed E-state index contributed by atoms with van der Waals surface area (Å²) in [5, 5.41) is 2.90. The molecule has 0 radical (unpaired) electrons. The average molecular weight is 171 g/mol. The van der Waals surface area contributed by atoms with Crippen LogP contribution in [0.25, 0.3) is 0 Å². The molecule has 0 rings (SSSR count). The lowest BCUT2D eigenvalue weighted by Crippen LogP contribution is -2.29. The Balaban J connectivity index is 3.47. The summed E-state index contributed by atoms with van der Waals surface area (Å²) in [6.07, 6.45) is 4.37. The van der Waals surface area contributed by atoms with Crippen molar-refractivity contribution in [3.05, 3.63) is 0 Å². The predicted octanol–water partition coefficient (Wildman–Crippen LogP) is 2.34. The third kappa shape index (κ3) is 5.16. The Bertz CT molecular complexity index is 123. The highest BCUT2D eigenvalue weighted by Gasteiger charge is 2.10. The number of carbonyl (C=O) groups excluding carboxylic acids is 1. The molecule has 2 heteroatoms. The van der Waals surface area contributed by atoms with Crippen LogP contribution in [0.1, 0.15) is 46.5 Å². The van der Waals surface area contributed by atoms with Gasteiger partial charge in [0.1, 0.15) is 0 Å². The maximum Gasteiger partial charge on any atom is 0.222 e. The van der Waals surface area contributed by atoms with Gasteiger partial charge in [-0.3, -0.25) is 4.79 Å². The van der Waals surface area contributed by atoms with Crippen molar-refractivity contribution >= 4 is 5.91 Å². The fourth-order valence-corrected chi connectivity index (χ4v) is 1.06. The molecule has 0 aliphatic heterocycles. The molecular weight excluding hydrogens is 150 g/mol. The SMILES string of the molecule is CCCCC(C)C(=O)NCCC. The number of carbonyl (C=O) groups is 1. The normalized spacial score (nSPS) is 12.6. The van der Waals surface area contributed by atoms with Crippen molar-refractivity contribution in [2.24, 2.45) is 5.92 Å². The molecule has 0 saturated carbocycles. The molecule has 1 unspecified atom stereocenters.